The van der Waals surface area contributed by atoms with Crippen molar-refractivity contribution in [2.75, 3.05) is 6.54 Å². The van der Waals surface area contributed by atoms with Gasteiger partial charge in [-0.3, -0.25) is 4.90 Å². The van der Waals surface area contributed by atoms with E-state index in [-0.39, 0.29) is 0 Å². The lowest BCUT2D eigenvalue weighted by molar-refractivity contribution is -0.0514. The molecule has 0 saturated carbocycles. The lowest BCUT2D eigenvalue weighted by Gasteiger charge is -2.55. The summed E-state index contributed by atoms with van der Waals surface area (Å²) in [6, 6.07) is 0. The van der Waals surface area contributed by atoms with Crippen LogP contribution in [0.1, 0.15) is 74.1 Å². The lowest BCUT2D eigenvalue weighted by Crippen LogP contribution is -2.60. The molecule has 1 aliphatic rings. The average Bonchev–Trinajstić information content (AvgIpc) is 2.14. The number of hydrogen-bond donors (Lipinski definition) is 0. The first-order chi connectivity index (χ1) is 7.73. The Morgan fingerprint density at radius 1 is 1.06 bits per heavy atom. The van der Waals surface area contributed by atoms with Crippen LogP contribution < -0.4 is 0 Å². The van der Waals surface area contributed by atoms with E-state index in [1.165, 1.54) is 32.2 Å². The van der Waals surface area contributed by atoms with Crippen LogP contribution >= 0.6 is 0 Å². The Morgan fingerprint density at radius 3 is 1.88 bits per heavy atom. The molecule has 0 amide bonds. The molecule has 102 valence electrons. The van der Waals surface area contributed by atoms with Gasteiger partial charge in [0.15, 0.2) is 0 Å². The average molecular weight is 239 g/mol. The van der Waals surface area contributed by atoms with Gasteiger partial charge in [0.2, 0.25) is 0 Å². The van der Waals surface area contributed by atoms with Crippen LogP contribution in [0, 0.1) is 11.8 Å². The van der Waals surface area contributed by atoms with Gasteiger partial charge < -0.3 is 0 Å². The Balaban J connectivity index is 2.76. The molecule has 1 unspecified atom stereocenters. The first-order valence-corrected chi connectivity index (χ1v) is 7.50. The van der Waals surface area contributed by atoms with Crippen LogP contribution in [-0.2, 0) is 0 Å². The third-order valence-corrected chi connectivity index (χ3v) is 4.79. The first kappa shape index (κ1) is 15.0. The maximum atomic E-state index is 2.70. The van der Waals surface area contributed by atoms with Crippen LogP contribution in [0.2, 0.25) is 0 Å². The molecule has 0 aliphatic carbocycles. The second-order valence-corrected chi connectivity index (χ2v) is 7.39. The fourth-order valence-corrected chi connectivity index (χ4v) is 4.28. The molecule has 1 aliphatic heterocycles. The molecule has 0 aromatic carbocycles. The molecule has 1 rings (SSSR count). The van der Waals surface area contributed by atoms with Crippen molar-refractivity contribution in [1.29, 1.82) is 0 Å². The predicted octanol–water partition coefficient (Wildman–Crippen LogP) is 4.71. The molecule has 0 aromatic heterocycles. The van der Waals surface area contributed by atoms with Crippen molar-refractivity contribution >= 4 is 0 Å². The van der Waals surface area contributed by atoms with E-state index in [9.17, 15) is 0 Å². The summed E-state index contributed by atoms with van der Waals surface area (Å²) in [6.07, 6.45) is 5.49. The van der Waals surface area contributed by atoms with E-state index in [0.29, 0.717) is 11.1 Å². The van der Waals surface area contributed by atoms with Gasteiger partial charge in [0, 0.05) is 11.1 Å². The Bertz CT molecular complexity index is 224. The minimum atomic E-state index is 0.370. The van der Waals surface area contributed by atoms with E-state index in [1.54, 1.807) is 0 Å². The summed E-state index contributed by atoms with van der Waals surface area (Å²) in [5.41, 5.74) is 0.739. The van der Waals surface area contributed by atoms with Crippen molar-refractivity contribution in [3.8, 4) is 0 Å². The molecule has 0 N–H and O–H groups in total. The molecule has 0 spiro atoms. The highest BCUT2D eigenvalue weighted by Crippen LogP contribution is 2.43. The maximum absolute atomic E-state index is 2.70. The summed E-state index contributed by atoms with van der Waals surface area (Å²) in [5.74, 6) is 1.80. The number of hydrogen-bond acceptors (Lipinski definition) is 1. The van der Waals surface area contributed by atoms with Crippen LogP contribution in [0.5, 0.6) is 0 Å². The molecule has 1 atom stereocenters. The minimum absolute atomic E-state index is 0.370. The fourth-order valence-electron chi connectivity index (χ4n) is 4.28. The van der Waals surface area contributed by atoms with E-state index in [1.807, 2.05) is 0 Å². The minimum Gasteiger partial charge on any atom is -0.293 e. The van der Waals surface area contributed by atoms with Gasteiger partial charge in [-0.25, -0.2) is 0 Å². The second kappa shape index (κ2) is 5.30. The molecule has 1 heterocycles. The monoisotopic (exact) mass is 239 g/mol. The quantitative estimate of drug-likeness (QED) is 0.686. The molecule has 17 heavy (non-hydrogen) atoms. The zero-order valence-electron chi connectivity index (χ0n) is 13.1. The number of likely N-dealkylation sites (tertiary alicyclic amines) is 1. The van der Waals surface area contributed by atoms with E-state index >= 15 is 0 Å². The smallest absolute Gasteiger partial charge is 0.0161 e. The van der Waals surface area contributed by atoms with E-state index < -0.39 is 0 Å². The highest BCUT2D eigenvalue weighted by molar-refractivity contribution is 4.99. The maximum Gasteiger partial charge on any atom is 0.0161 e. The molecular weight excluding hydrogens is 206 g/mol. The van der Waals surface area contributed by atoms with Crippen LogP contribution in [0.3, 0.4) is 0 Å². The Kier molecular flexibility index (Phi) is 4.68. The third kappa shape index (κ3) is 3.47. The first-order valence-electron chi connectivity index (χ1n) is 7.50. The van der Waals surface area contributed by atoms with Crippen molar-refractivity contribution in [3.05, 3.63) is 0 Å². The van der Waals surface area contributed by atoms with Gasteiger partial charge in [0.25, 0.3) is 0 Å². The van der Waals surface area contributed by atoms with Crippen LogP contribution in [-0.4, -0.2) is 22.5 Å². The topological polar surface area (TPSA) is 3.24 Å². The van der Waals surface area contributed by atoms with E-state index in [0.717, 1.165) is 11.8 Å². The van der Waals surface area contributed by atoms with Gasteiger partial charge in [-0.1, -0.05) is 27.2 Å². The highest BCUT2D eigenvalue weighted by Gasteiger charge is 2.44. The van der Waals surface area contributed by atoms with E-state index in [2.05, 4.69) is 53.4 Å². The van der Waals surface area contributed by atoms with Gasteiger partial charge in [0.05, 0.1) is 0 Å². The van der Waals surface area contributed by atoms with Gasteiger partial charge in [0.1, 0.15) is 0 Å². The second-order valence-electron chi connectivity index (χ2n) is 7.39. The van der Waals surface area contributed by atoms with Crippen LogP contribution in [0.4, 0.5) is 0 Å². The number of rotatable bonds is 4. The molecule has 1 fully saturated rings. The van der Waals surface area contributed by atoms with Crippen molar-refractivity contribution in [2.45, 2.75) is 85.2 Å². The van der Waals surface area contributed by atoms with Crippen molar-refractivity contribution in [1.82, 2.24) is 4.90 Å². The number of piperidine rings is 1. The van der Waals surface area contributed by atoms with Gasteiger partial charge >= 0.3 is 0 Å². The van der Waals surface area contributed by atoms with Crippen LogP contribution in [0.25, 0.3) is 0 Å². The molecule has 0 aromatic rings. The van der Waals surface area contributed by atoms with Gasteiger partial charge in [-0.15, -0.1) is 0 Å². The van der Waals surface area contributed by atoms with Crippen molar-refractivity contribution in [3.63, 3.8) is 0 Å². The molecule has 0 radical (unpaired) electrons. The van der Waals surface area contributed by atoms with Crippen molar-refractivity contribution in [2.24, 2.45) is 11.8 Å². The Morgan fingerprint density at radius 2 is 1.53 bits per heavy atom. The van der Waals surface area contributed by atoms with Crippen LogP contribution in [0.15, 0.2) is 0 Å². The molecule has 1 heteroatoms. The van der Waals surface area contributed by atoms with Gasteiger partial charge in [-0.05, 0) is 65.3 Å². The fraction of sp³-hybridized carbons (Fsp3) is 1.00. The lowest BCUT2D eigenvalue weighted by atomic mass is 9.71. The third-order valence-electron chi connectivity index (χ3n) is 4.79. The summed E-state index contributed by atoms with van der Waals surface area (Å²) >= 11 is 0. The molecule has 0 bridgehead atoms. The standard InChI is InChI=1S/C16H33N/c1-8-13(3)10-14-11-15(4,5)17(9-2)16(6,7)12-14/h13-14H,8-12H2,1-7H3. The summed E-state index contributed by atoms with van der Waals surface area (Å²) < 4.78 is 0. The Labute approximate surface area is 109 Å². The molecule has 1 nitrogen and oxygen atoms in total. The Hall–Kier alpha value is -0.0400. The number of nitrogens with zero attached hydrogens (tertiary/aromatic N) is 1. The summed E-state index contributed by atoms with van der Waals surface area (Å²) in [7, 11) is 0. The summed E-state index contributed by atoms with van der Waals surface area (Å²) in [6.45, 7) is 17.9. The predicted molar refractivity (Wildman–Crippen MR) is 77.3 cm³/mol. The van der Waals surface area contributed by atoms with E-state index in [4.69, 9.17) is 0 Å². The highest BCUT2D eigenvalue weighted by atomic mass is 15.3. The molecule has 1 saturated heterocycles. The zero-order valence-corrected chi connectivity index (χ0v) is 13.1. The zero-order chi connectivity index (χ0) is 13.3. The normalized spacial score (nSPS) is 27.0. The van der Waals surface area contributed by atoms with Gasteiger partial charge in [-0.2, -0.15) is 0 Å². The molecular formula is C16H33N. The SMILES string of the molecule is CCC(C)CC1CC(C)(C)N(CC)C(C)(C)C1. The summed E-state index contributed by atoms with van der Waals surface area (Å²) in [5, 5.41) is 0. The van der Waals surface area contributed by atoms with Crippen molar-refractivity contribution < 1.29 is 0 Å². The largest absolute Gasteiger partial charge is 0.293 e. The summed E-state index contributed by atoms with van der Waals surface area (Å²) in [4.78, 5) is 2.70.